The summed E-state index contributed by atoms with van der Waals surface area (Å²) in [4.78, 5) is 5.20. The second-order valence-corrected chi connectivity index (χ2v) is 28.9. The molecule has 0 bridgehead atoms. The Balaban J connectivity index is 0.891. The molecule has 0 N–H and O–H groups in total. The van der Waals surface area contributed by atoms with Gasteiger partial charge in [-0.25, -0.2) is 0 Å². The van der Waals surface area contributed by atoms with Gasteiger partial charge in [-0.3, -0.25) is 0 Å². The second-order valence-electron chi connectivity index (χ2n) is 27.9. The predicted molar refractivity (Wildman–Crippen MR) is 377 cm³/mol. The zero-order valence-corrected chi connectivity index (χ0v) is 55.8. The van der Waals surface area contributed by atoms with E-state index in [4.69, 9.17) is 18.6 Å². The van der Waals surface area contributed by atoms with E-state index in [0.29, 0.717) is 28.4 Å². The van der Waals surface area contributed by atoms with Gasteiger partial charge in [0.2, 0.25) is 0 Å². The van der Waals surface area contributed by atoms with Gasteiger partial charge >= 0.3 is 371 Å². The summed E-state index contributed by atoms with van der Waals surface area (Å²) >= 11 is 2.52. The van der Waals surface area contributed by atoms with Crippen LogP contribution in [-0.2, 0) is 41.0 Å². The Morgan fingerprint density at radius 2 is 1.00 bits per heavy atom. The number of aryl methyl sites for hydroxylation is 1. The van der Waals surface area contributed by atoms with Gasteiger partial charge in [-0.2, -0.15) is 0 Å². The molecule has 1 spiro atoms. The van der Waals surface area contributed by atoms with Gasteiger partial charge in [0.25, 0.3) is 0 Å². The van der Waals surface area contributed by atoms with E-state index in [1.165, 1.54) is 22.3 Å². The normalized spacial score (nSPS) is 13.9. The Bertz CT molecular complexity index is 5480. The van der Waals surface area contributed by atoms with E-state index in [1.54, 1.807) is 12.3 Å². The van der Waals surface area contributed by atoms with Crippen LogP contribution >= 0.6 is 0 Å². The Morgan fingerprint density at radius 1 is 0.441 bits per heavy atom. The Morgan fingerprint density at radius 3 is 1.65 bits per heavy atom. The Hall–Kier alpha value is -9.87. The van der Waals surface area contributed by atoms with Crippen LogP contribution in [0.4, 0.5) is 0 Å². The molecule has 0 radical (unpaired) electrons. The van der Waals surface area contributed by atoms with Crippen LogP contribution in [0.25, 0.3) is 94.5 Å². The van der Waals surface area contributed by atoms with Crippen molar-refractivity contribution in [2.24, 2.45) is 0 Å². The molecule has 0 saturated heterocycles. The van der Waals surface area contributed by atoms with E-state index in [-0.39, 0.29) is 21.8 Å². The molecule has 14 aromatic rings. The van der Waals surface area contributed by atoms with E-state index in [2.05, 4.69) is 277 Å². The standard InChI is InChI=1S/C86H70N4O2.Pt/c1-54-42-81(87-52-70(54)56-28-15-12-16-29-56)90-77-49-63(40-41-65(77)69-50-68-64-32-17-18-33-71(64)86(74(68)51-78(69)90)72-34-19-23-38-79(72)92-80-39-24-20-35-73(80)86)91-62-31-25-30-61(48-62)88-53-89(76-37-22-21-36-75(76)88)82-66(55-26-13-11-14-27-55)46-60(85(8,9)10)47-67(82)57-43-58(83(2,3)4)45-59(44-57)84(5,6)7;/h11-47,50-52H,1-10H3;/q-2;/i1D3;. The van der Waals surface area contributed by atoms with Crippen molar-refractivity contribution < 1.29 is 32.9 Å². The average Bonchev–Trinajstić information content (AvgIpc) is 1.49. The summed E-state index contributed by atoms with van der Waals surface area (Å²) < 4.78 is 48.6. The van der Waals surface area contributed by atoms with E-state index in [1.807, 2.05) is 60.7 Å². The number of pyridine rings is 1. The molecule has 1 aliphatic carbocycles. The van der Waals surface area contributed by atoms with E-state index >= 15 is 0 Å². The molecule has 6 nitrogen and oxygen atoms in total. The molecule has 458 valence electrons. The summed E-state index contributed by atoms with van der Waals surface area (Å²) in [5.74, 6) is 2.96. The van der Waals surface area contributed by atoms with Crippen molar-refractivity contribution in [2.75, 3.05) is 0 Å². The fourth-order valence-electron chi connectivity index (χ4n) is 14.3. The fourth-order valence-corrected chi connectivity index (χ4v) is 15.4. The minimum absolute atomic E-state index is 0.106. The zero-order chi connectivity index (χ0) is 66.4. The molecule has 0 saturated carbocycles. The van der Waals surface area contributed by atoms with Gasteiger partial charge in [-0.05, 0) is 52.4 Å². The van der Waals surface area contributed by atoms with Crippen LogP contribution < -0.4 is 9.47 Å². The first-order valence-electron chi connectivity index (χ1n) is 33.4. The molecule has 0 amide bonds. The monoisotopic (exact) mass is 1390 g/mol. The van der Waals surface area contributed by atoms with Crippen LogP contribution in [0.5, 0.6) is 23.0 Å². The topological polar surface area (TPSA) is 46.1 Å². The first kappa shape index (κ1) is 54.8. The molecule has 0 fully saturated rings. The molecule has 7 heteroatoms. The van der Waals surface area contributed by atoms with Gasteiger partial charge in [0.1, 0.15) is 11.5 Å². The summed E-state index contributed by atoms with van der Waals surface area (Å²) in [6, 6.07) is 90.5. The van der Waals surface area contributed by atoms with Crippen molar-refractivity contribution in [1.82, 2.24) is 18.7 Å². The first-order chi connectivity index (χ1) is 46.0. The summed E-state index contributed by atoms with van der Waals surface area (Å²) in [5, 5.41) is 1.85. The summed E-state index contributed by atoms with van der Waals surface area (Å²) in [5.41, 5.74) is 20.8. The molecule has 16 rings (SSSR count). The van der Waals surface area contributed by atoms with Crippen molar-refractivity contribution in [3.8, 4) is 84.7 Å². The van der Waals surface area contributed by atoms with Crippen LogP contribution in [0.1, 0.15) is 111 Å². The van der Waals surface area contributed by atoms with E-state index < -0.39 is 12.3 Å². The van der Waals surface area contributed by atoms with Gasteiger partial charge in [-0.15, -0.1) is 0 Å². The third-order valence-electron chi connectivity index (χ3n) is 19.0. The van der Waals surface area contributed by atoms with Crippen LogP contribution in [-0.4, -0.2) is 18.7 Å². The summed E-state index contributed by atoms with van der Waals surface area (Å²) in [7, 11) is 0. The smallest absolute Gasteiger partial charge is 0.457 e. The van der Waals surface area contributed by atoms with Gasteiger partial charge in [0.15, 0.2) is 0 Å². The van der Waals surface area contributed by atoms with Crippen molar-refractivity contribution in [1.29, 1.82) is 0 Å². The predicted octanol–water partition coefficient (Wildman–Crippen LogP) is 22.1. The van der Waals surface area contributed by atoms with Gasteiger partial charge in [0, 0.05) is 27.0 Å². The van der Waals surface area contributed by atoms with Crippen LogP contribution in [0.15, 0.2) is 243 Å². The molecule has 93 heavy (non-hydrogen) atoms. The fraction of sp³-hybridized carbons (Fsp3) is 0.163. The number of fused-ring (bicyclic) bond motifs is 13. The van der Waals surface area contributed by atoms with Crippen LogP contribution in [0.3, 0.4) is 0 Å². The molecule has 0 atom stereocenters. The quantitative estimate of drug-likeness (QED) is 0.142. The molecule has 1 aliphatic heterocycles. The number of para-hydroxylation sites is 4. The number of imidazole rings is 1. The molecule has 0 unspecified atom stereocenters. The van der Waals surface area contributed by atoms with Crippen molar-refractivity contribution in [3.05, 3.63) is 303 Å². The maximum absolute atomic E-state index is 9.01. The molecule has 3 aromatic heterocycles. The van der Waals surface area contributed by atoms with Crippen LogP contribution in [0.2, 0.25) is 0 Å². The van der Waals surface area contributed by atoms with Gasteiger partial charge < -0.3 is 4.74 Å². The number of hydrogen-bond acceptors (Lipinski definition) is 3. The van der Waals surface area contributed by atoms with Crippen molar-refractivity contribution >= 4 is 32.8 Å². The number of benzene rings is 11. The molecule has 4 heterocycles. The van der Waals surface area contributed by atoms with Gasteiger partial charge in [0.05, 0.1) is 5.41 Å². The number of hydrogen-bond donors (Lipinski definition) is 0. The van der Waals surface area contributed by atoms with E-state index in [0.717, 1.165) is 110 Å². The zero-order valence-electron chi connectivity index (χ0n) is 56.5. The first-order valence-corrected chi connectivity index (χ1v) is 33.0. The Kier molecular flexibility index (Phi) is 12.7. The molecular weight excluding hydrogens is 1320 g/mol. The third-order valence-corrected chi connectivity index (χ3v) is 20.0. The minimum Gasteiger partial charge on any atom is -0.457 e. The minimum atomic E-state index is -2.48. The molecule has 2 aliphatic rings. The molecular formula is C86H70N4O2Pt-2. The number of nitrogens with zero attached hydrogens (tertiary/aromatic N) is 4. The Labute approximate surface area is 559 Å². The number of ether oxygens (including phenoxy) is 2. The maximum atomic E-state index is 9.01. The van der Waals surface area contributed by atoms with E-state index in [9.17, 15) is 0 Å². The average molecular weight is 1390 g/mol. The SMILES string of the molecule is [2H]C([2H])([2H])c1cc(-n2c3[c-]c(Oc4[c-]c(-n5[c](=[Pt])n(-c6c(-c7ccccc7)cc(C(C)(C)C)cc6-c6cc(C(C)(C)C)cc(C(C)(C)C)c6)c6ccccc65)ccc4)ccc3c3cc4c(cc32)C2(c3ccccc3Oc3ccccc32)c2ccccc2-4)ncc1-c1ccccc1. The van der Waals surface area contributed by atoms with Crippen molar-refractivity contribution in [3.63, 3.8) is 0 Å². The van der Waals surface area contributed by atoms with Crippen molar-refractivity contribution in [2.45, 2.75) is 90.8 Å². The summed E-state index contributed by atoms with van der Waals surface area (Å²) in [6.07, 6.45) is 1.70. The second kappa shape index (κ2) is 21.6. The third kappa shape index (κ3) is 9.46. The number of rotatable bonds is 8. The van der Waals surface area contributed by atoms with Gasteiger partial charge in [-0.1, -0.05) is 91.0 Å². The number of aromatic nitrogens is 4. The molecule has 11 aromatic carbocycles. The summed E-state index contributed by atoms with van der Waals surface area (Å²) in [6.45, 7) is 18.3. The van der Waals surface area contributed by atoms with Crippen LogP contribution in [0, 0.1) is 22.8 Å².